The third kappa shape index (κ3) is 5.26. The van der Waals surface area contributed by atoms with Crippen LogP contribution in [0.4, 0.5) is 10.5 Å². The molecule has 0 aromatic heterocycles. The zero-order valence-electron chi connectivity index (χ0n) is 14.0. The predicted octanol–water partition coefficient (Wildman–Crippen LogP) is 1.34. The van der Waals surface area contributed by atoms with Crippen LogP contribution < -0.4 is 21.7 Å². The molecule has 7 nitrogen and oxygen atoms in total. The maximum absolute atomic E-state index is 12.1. The summed E-state index contributed by atoms with van der Waals surface area (Å²) in [6.45, 7) is 3.99. The number of carbonyl (C=O) groups excluding carboxylic acids is 3. The van der Waals surface area contributed by atoms with Crippen LogP contribution in [0.1, 0.15) is 32.3 Å². The second kappa shape index (κ2) is 7.81. The van der Waals surface area contributed by atoms with Crippen LogP contribution in [-0.2, 0) is 16.1 Å². The number of nitrogens with two attached hydrogens (primary N) is 1. The van der Waals surface area contributed by atoms with E-state index < -0.39 is 12.1 Å². The highest BCUT2D eigenvalue weighted by molar-refractivity contribution is 5.94. The van der Waals surface area contributed by atoms with E-state index in [1.807, 2.05) is 38.1 Å². The Hall–Kier alpha value is -2.57. The standard InChI is InChI=1S/C17H24N4O3/c1-10(2)14(21-17(18)24)16(23)19-9-11-3-7-13(8-4-11)20-15(22)12-5-6-12/h3-4,7-8,10,12,14H,5-6,9H2,1-2H3,(H,19,23)(H,20,22)(H3,18,21,24). The molecule has 1 fully saturated rings. The summed E-state index contributed by atoms with van der Waals surface area (Å²) < 4.78 is 0. The average Bonchev–Trinajstić information content (AvgIpc) is 3.36. The molecule has 1 atom stereocenters. The van der Waals surface area contributed by atoms with E-state index in [1.165, 1.54) is 0 Å². The van der Waals surface area contributed by atoms with Gasteiger partial charge in [-0.15, -0.1) is 0 Å². The molecule has 0 saturated heterocycles. The summed E-state index contributed by atoms with van der Waals surface area (Å²) in [6, 6.07) is 5.91. The Balaban J connectivity index is 1.85. The molecule has 5 N–H and O–H groups in total. The van der Waals surface area contributed by atoms with Gasteiger partial charge in [0.25, 0.3) is 0 Å². The lowest BCUT2D eigenvalue weighted by Gasteiger charge is -2.20. The second-order valence-corrected chi connectivity index (χ2v) is 6.41. The van der Waals surface area contributed by atoms with Crippen molar-refractivity contribution in [1.29, 1.82) is 0 Å². The van der Waals surface area contributed by atoms with Crippen molar-refractivity contribution in [3.8, 4) is 0 Å². The smallest absolute Gasteiger partial charge is 0.312 e. The van der Waals surface area contributed by atoms with E-state index in [2.05, 4.69) is 16.0 Å². The van der Waals surface area contributed by atoms with Crippen LogP contribution in [0, 0.1) is 11.8 Å². The molecule has 0 spiro atoms. The molecule has 1 aliphatic carbocycles. The summed E-state index contributed by atoms with van der Waals surface area (Å²) in [5.74, 6) is -0.129. The van der Waals surface area contributed by atoms with Crippen LogP contribution in [0.15, 0.2) is 24.3 Å². The molecule has 1 saturated carbocycles. The first-order valence-electron chi connectivity index (χ1n) is 8.10. The van der Waals surface area contributed by atoms with Gasteiger partial charge in [-0.3, -0.25) is 9.59 Å². The summed E-state index contributed by atoms with van der Waals surface area (Å²) in [4.78, 5) is 34.8. The van der Waals surface area contributed by atoms with Crippen LogP contribution in [0.3, 0.4) is 0 Å². The zero-order chi connectivity index (χ0) is 17.7. The fourth-order valence-corrected chi connectivity index (χ4v) is 2.28. The molecule has 1 aromatic rings. The minimum Gasteiger partial charge on any atom is -0.352 e. The summed E-state index contributed by atoms with van der Waals surface area (Å²) >= 11 is 0. The minimum absolute atomic E-state index is 0.0633. The normalized spacial score (nSPS) is 14.8. The molecular formula is C17H24N4O3. The van der Waals surface area contributed by atoms with Gasteiger partial charge in [0.1, 0.15) is 6.04 Å². The van der Waals surface area contributed by atoms with Gasteiger partial charge in [-0.1, -0.05) is 26.0 Å². The van der Waals surface area contributed by atoms with Gasteiger partial charge in [0.05, 0.1) is 0 Å². The molecule has 0 bridgehead atoms. The lowest BCUT2D eigenvalue weighted by Crippen LogP contribution is -2.51. The van der Waals surface area contributed by atoms with Crippen LogP contribution in [0.2, 0.25) is 0 Å². The van der Waals surface area contributed by atoms with Gasteiger partial charge in [-0.05, 0) is 36.5 Å². The highest BCUT2D eigenvalue weighted by Gasteiger charge is 2.29. The Kier molecular flexibility index (Phi) is 5.78. The average molecular weight is 332 g/mol. The van der Waals surface area contributed by atoms with Gasteiger partial charge in [-0.25, -0.2) is 4.79 Å². The van der Waals surface area contributed by atoms with Crippen molar-refractivity contribution >= 4 is 23.5 Å². The molecule has 4 amide bonds. The van der Waals surface area contributed by atoms with Crippen LogP contribution in [0.5, 0.6) is 0 Å². The molecule has 0 radical (unpaired) electrons. The number of hydrogen-bond acceptors (Lipinski definition) is 3. The fourth-order valence-electron chi connectivity index (χ4n) is 2.28. The monoisotopic (exact) mass is 332 g/mol. The topological polar surface area (TPSA) is 113 Å². The predicted molar refractivity (Wildman–Crippen MR) is 91.0 cm³/mol. The molecule has 1 aromatic carbocycles. The Morgan fingerprint density at radius 1 is 1.17 bits per heavy atom. The summed E-state index contributed by atoms with van der Waals surface area (Å²) in [6.07, 6.45) is 1.93. The van der Waals surface area contributed by atoms with Crippen LogP contribution in [-0.4, -0.2) is 23.9 Å². The number of nitrogens with one attached hydrogen (secondary N) is 3. The quantitative estimate of drug-likeness (QED) is 0.604. The van der Waals surface area contributed by atoms with E-state index in [-0.39, 0.29) is 23.7 Å². The van der Waals surface area contributed by atoms with Gasteiger partial charge in [0.2, 0.25) is 11.8 Å². The third-order valence-electron chi connectivity index (χ3n) is 3.88. The molecule has 0 heterocycles. The van der Waals surface area contributed by atoms with E-state index in [9.17, 15) is 14.4 Å². The molecule has 1 unspecified atom stereocenters. The van der Waals surface area contributed by atoms with Gasteiger partial charge in [0.15, 0.2) is 0 Å². The molecule has 0 aliphatic heterocycles. The molecule has 7 heteroatoms. The highest BCUT2D eigenvalue weighted by Crippen LogP contribution is 2.30. The Morgan fingerprint density at radius 2 is 1.79 bits per heavy atom. The van der Waals surface area contributed by atoms with Gasteiger partial charge in [0, 0.05) is 18.2 Å². The van der Waals surface area contributed by atoms with E-state index in [1.54, 1.807) is 0 Å². The number of rotatable bonds is 7. The maximum atomic E-state index is 12.1. The molecular weight excluding hydrogens is 308 g/mol. The number of carbonyl (C=O) groups is 3. The summed E-state index contributed by atoms with van der Waals surface area (Å²) in [5, 5.41) is 8.08. The highest BCUT2D eigenvalue weighted by atomic mass is 16.2. The summed E-state index contributed by atoms with van der Waals surface area (Å²) in [5.41, 5.74) is 6.74. The largest absolute Gasteiger partial charge is 0.352 e. The fraction of sp³-hybridized carbons (Fsp3) is 0.471. The van der Waals surface area contributed by atoms with E-state index in [0.29, 0.717) is 6.54 Å². The van der Waals surface area contributed by atoms with Crippen molar-refractivity contribution < 1.29 is 14.4 Å². The molecule has 24 heavy (non-hydrogen) atoms. The van der Waals surface area contributed by atoms with Crippen molar-refractivity contribution in [3.63, 3.8) is 0 Å². The first-order valence-corrected chi connectivity index (χ1v) is 8.10. The van der Waals surface area contributed by atoms with E-state index in [4.69, 9.17) is 5.73 Å². The number of benzene rings is 1. The lowest BCUT2D eigenvalue weighted by molar-refractivity contribution is -0.124. The third-order valence-corrected chi connectivity index (χ3v) is 3.88. The van der Waals surface area contributed by atoms with Gasteiger partial charge in [-0.2, -0.15) is 0 Å². The zero-order valence-corrected chi connectivity index (χ0v) is 14.0. The van der Waals surface area contributed by atoms with Gasteiger partial charge >= 0.3 is 6.03 Å². The van der Waals surface area contributed by atoms with Crippen LogP contribution >= 0.6 is 0 Å². The number of urea groups is 1. The van der Waals surface area contributed by atoms with Crippen molar-refractivity contribution in [2.24, 2.45) is 17.6 Å². The number of anilines is 1. The minimum atomic E-state index is -0.723. The van der Waals surface area contributed by atoms with Crippen molar-refractivity contribution in [2.75, 3.05) is 5.32 Å². The molecule has 1 aliphatic rings. The first-order chi connectivity index (χ1) is 11.4. The Morgan fingerprint density at radius 3 is 2.29 bits per heavy atom. The van der Waals surface area contributed by atoms with Crippen molar-refractivity contribution in [3.05, 3.63) is 29.8 Å². The Labute approximate surface area is 141 Å². The van der Waals surface area contributed by atoms with E-state index in [0.717, 1.165) is 24.1 Å². The number of amides is 4. The van der Waals surface area contributed by atoms with E-state index >= 15 is 0 Å². The van der Waals surface area contributed by atoms with Crippen molar-refractivity contribution in [1.82, 2.24) is 10.6 Å². The van der Waals surface area contributed by atoms with Gasteiger partial charge < -0.3 is 21.7 Å². The molecule has 130 valence electrons. The Bertz CT molecular complexity index is 609. The maximum Gasteiger partial charge on any atom is 0.312 e. The van der Waals surface area contributed by atoms with Crippen LogP contribution in [0.25, 0.3) is 0 Å². The summed E-state index contributed by atoms with van der Waals surface area (Å²) in [7, 11) is 0. The first kappa shape index (κ1) is 17.8. The SMILES string of the molecule is CC(C)C(NC(N)=O)C(=O)NCc1ccc(NC(=O)C2CC2)cc1. The second-order valence-electron chi connectivity index (χ2n) is 6.41. The lowest BCUT2D eigenvalue weighted by atomic mass is 10.0. The molecule has 2 rings (SSSR count). The van der Waals surface area contributed by atoms with Crippen molar-refractivity contribution in [2.45, 2.75) is 39.3 Å². The number of primary amides is 1. The number of hydrogen-bond donors (Lipinski definition) is 4.